The number of aromatic nitrogens is 2. The van der Waals surface area contributed by atoms with Crippen LogP contribution in [0.5, 0.6) is 5.75 Å². The monoisotopic (exact) mass is 327 g/mol. The maximum Gasteiger partial charge on any atom is 0.264 e. The maximum absolute atomic E-state index is 11.1. The second-order valence-corrected chi connectivity index (χ2v) is 6.01. The first kappa shape index (κ1) is 16.4. The Labute approximate surface area is 128 Å². The van der Waals surface area contributed by atoms with Gasteiger partial charge in [-0.1, -0.05) is 5.16 Å². The van der Waals surface area contributed by atoms with Crippen molar-refractivity contribution in [1.82, 2.24) is 10.1 Å². The molecule has 0 radical (unpaired) electrons. The fraction of sp³-hybridized carbons (Fsp3) is 0.385. The number of primary sulfonamides is 1. The molecule has 9 heteroatoms. The summed E-state index contributed by atoms with van der Waals surface area (Å²) in [4.78, 5) is 4.18. The highest BCUT2D eigenvalue weighted by atomic mass is 32.2. The molecule has 1 aromatic heterocycles. The summed E-state index contributed by atoms with van der Waals surface area (Å²) >= 11 is 0. The van der Waals surface area contributed by atoms with Gasteiger partial charge in [-0.3, -0.25) is 0 Å². The van der Waals surface area contributed by atoms with Gasteiger partial charge in [0.05, 0.1) is 4.90 Å². The molecule has 2 aromatic rings. The first-order valence-electron chi connectivity index (χ1n) is 6.60. The van der Waals surface area contributed by atoms with Crippen molar-refractivity contribution in [2.45, 2.75) is 31.5 Å². The summed E-state index contributed by atoms with van der Waals surface area (Å²) in [7, 11) is -3.71. The van der Waals surface area contributed by atoms with Gasteiger partial charge < -0.3 is 14.0 Å². The van der Waals surface area contributed by atoms with Gasteiger partial charge in [-0.25, -0.2) is 13.6 Å². The van der Waals surface area contributed by atoms with E-state index in [1.54, 1.807) is 0 Å². The SMILES string of the molecule is CCOC(C)c1noc(COc2ccc(S(N)(=O)=O)cc2)n1. The number of hydrogen-bond acceptors (Lipinski definition) is 7. The summed E-state index contributed by atoms with van der Waals surface area (Å²) in [6.45, 7) is 4.33. The van der Waals surface area contributed by atoms with Crippen LogP contribution in [0, 0.1) is 0 Å². The first-order chi connectivity index (χ1) is 10.4. The topological polar surface area (TPSA) is 118 Å². The van der Waals surface area contributed by atoms with E-state index in [1.165, 1.54) is 24.3 Å². The van der Waals surface area contributed by atoms with Crippen molar-refractivity contribution in [3.05, 3.63) is 36.0 Å². The summed E-state index contributed by atoms with van der Waals surface area (Å²) in [5.74, 6) is 1.21. The van der Waals surface area contributed by atoms with Crippen LogP contribution < -0.4 is 9.88 Å². The molecule has 8 nitrogen and oxygen atoms in total. The zero-order valence-corrected chi connectivity index (χ0v) is 13.0. The number of nitrogens with zero attached hydrogens (tertiary/aromatic N) is 2. The van der Waals surface area contributed by atoms with Crippen molar-refractivity contribution >= 4 is 10.0 Å². The van der Waals surface area contributed by atoms with Gasteiger partial charge >= 0.3 is 0 Å². The Morgan fingerprint density at radius 1 is 1.32 bits per heavy atom. The second kappa shape index (κ2) is 6.86. The molecule has 2 rings (SSSR count). The zero-order valence-electron chi connectivity index (χ0n) is 12.2. The van der Waals surface area contributed by atoms with Crippen LogP contribution in [-0.4, -0.2) is 25.2 Å². The third-order valence-electron chi connectivity index (χ3n) is 2.78. The molecule has 0 saturated carbocycles. The normalized spacial score (nSPS) is 13.0. The van der Waals surface area contributed by atoms with E-state index < -0.39 is 10.0 Å². The second-order valence-electron chi connectivity index (χ2n) is 4.45. The van der Waals surface area contributed by atoms with Crippen LogP contribution in [0.3, 0.4) is 0 Å². The molecule has 2 N–H and O–H groups in total. The fourth-order valence-electron chi connectivity index (χ4n) is 1.69. The summed E-state index contributed by atoms with van der Waals surface area (Å²) in [5.41, 5.74) is 0. The Kier molecular flexibility index (Phi) is 5.11. The highest BCUT2D eigenvalue weighted by Gasteiger charge is 2.14. The molecule has 1 atom stereocenters. The minimum Gasteiger partial charge on any atom is -0.484 e. The molecule has 0 saturated heterocycles. The van der Waals surface area contributed by atoms with E-state index in [0.717, 1.165) is 0 Å². The Bertz CT molecular complexity index is 712. The summed E-state index contributed by atoms with van der Waals surface area (Å²) in [6.07, 6.45) is -0.253. The van der Waals surface area contributed by atoms with Crippen LogP contribution in [0.2, 0.25) is 0 Å². The quantitative estimate of drug-likeness (QED) is 0.816. The lowest BCUT2D eigenvalue weighted by molar-refractivity contribution is 0.0683. The summed E-state index contributed by atoms with van der Waals surface area (Å²) < 4.78 is 38.1. The smallest absolute Gasteiger partial charge is 0.264 e. The van der Waals surface area contributed by atoms with E-state index in [0.29, 0.717) is 24.1 Å². The minimum atomic E-state index is -3.71. The van der Waals surface area contributed by atoms with Crippen molar-refractivity contribution in [1.29, 1.82) is 0 Å². The predicted octanol–water partition coefficient (Wildman–Crippen LogP) is 1.39. The minimum absolute atomic E-state index is 0.0189. The van der Waals surface area contributed by atoms with Gasteiger partial charge in [0.25, 0.3) is 5.89 Å². The van der Waals surface area contributed by atoms with E-state index >= 15 is 0 Å². The molecular weight excluding hydrogens is 310 g/mol. The molecule has 0 aliphatic carbocycles. The van der Waals surface area contributed by atoms with Crippen LogP contribution in [0.4, 0.5) is 0 Å². The number of hydrogen-bond donors (Lipinski definition) is 1. The van der Waals surface area contributed by atoms with Gasteiger partial charge in [0.2, 0.25) is 10.0 Å². The average molecular weight is 327 g/mol. The van der Waals surface area contributed by atoms with Gasteiger partial charge in [-0.2, -0.15) is 4.98 Å². The highest BCUT2D eigenvalue weighted by molar-refractivity contribution is 7.89. The largest absolute Gasteiger partial charge is 0.484 e. The van der Waals surface area contributed by atoms with E-state index in [2.05, 4.69) is 10.1 Å². The number of rotatable bonds is 7. The van der Waals surface area contributed by atoms with Crippen molar-refractivity contribution in [3.8, 4) is 5.75 Å². The van der Waals surface area contributed by atoms with E-state index in [4.69, 9.17) is 19.1 Å². The molecule has 0 bridgehead atoms. The lowest BCUT2D eigenvalue weighted by Gasteiger charge is -2.05. The van der Waals surface area contributed by atoms with Crippen LogP contribution in [-0.2, 0) is 21.4 Å². The van der Waals surface area contributed by atoms with Gasteiger partial charge in [0.1, 0.15) is 11.9 Å². The van der Waals surface area contributed by atoms with Crippen LogP contribution in [0.15, 0.2) is 33.7 Å². The Morgan fingerprint density at radius 3 is 2.59 bits per heavy atom. The average Bonchev–Trinajstić information content (AvgIpc) is 2.94. The maximum atomic E-state index is 11.1. The standard InChI is InChI=1S/C13H17N3O5S/c1-3-19-9(2)13-15-12(21-16-13)8-20-10-4-6-11(7-5-10)22(14,17)18/h4-7,9H,3,8H2,1-2H3,(H2,14,17,18). The molecule has 1 unspecified atom stereocenters. The first-order valence-corrected chi connectivity index (χ1v) is 8.14. The Hall–Kier alpha value is -1.97. The van der Waals surface area contributed by atoms with E-state index in [9.17, 15) is 8.42 Å². The lowest BCUT2D eigenvalue weighted by Crippen LogP contribution is -2.11. The van der Waals surface area contributed by atoms with Gasteiger partial charge in [-0.05, 0) is 38.1 Å². The predicted molar refractivity (Wildman–Crippen MR) is 76.5 cm³/mol. The molecule has 120 valence electrons. The number of sulfonamides is 1. The Balaban J connectivity index is 1.96. The molecule has 22 heavy (non-hydrogen) atoms. The van der Waals surface area contributed by atoms with Gasteiger partial charge in [0.15, 0.2) is 12.4 Å². The van der Waals surface area contributed by atoms with Crippen molar-refractivity contribution in [3.63, 3.8) is 0 Å². The highest BCUT2D eigenvalue weighted by Crippen LogP contribution is 2.17. The van der Waals surface area contributed by atoms with Crippen LogP contribution in [0.1, 0.15) is 31.7 Å². The van der Waals surface area contributed by atoms with E-state index in [1.807, 2.05) is 13.8 Å². The fourth-order valence-corrected chi connectivity index (χ4v) is 2.20. The van der Waals surface area contributed by atoms with Gasteiger partial charge in [-0.15, -0.1) is 0 Å². The van der Waals surface area contributed by atoms with Crippen molar-refractivity contribution in [2.75, 3.05) is 6.61 Å². The lowest BCUT2D eigenvalue weighted by atomic mass is 10.3. The van der Waals surface area contributed by atoms with Crippen LogP contribution >= 0.6 is 0 Å². The molecule has 1 heterocycles. The summed E-state index contributed by atoms with van der Waals surface area (Å²) in [5, 5.41) is 8.82. The van der Waals surface area contributed by atoms with Crippen molar-refractivity contribution < 1.29 is 22.4 Å². The summed E-state index contributed by atoms with van der Waals surface area (Å²) in [6, 6.07) is 5.72. The number of ether oxygens (including phenoxy) is 2. The zero-order chi connectivity index (χ0) is 16.2. The van der Waals surface area contributed by atoms with E-state index in [-0.39, 0.29) is 17.6 Å². The molecule has 0 aliphatic rings. The molecule has 1 aromatic carbocycles. The molecule has 0 fully saturated rings. The third-order valence-corrected chi connectivity index (χ3v) is 3.71. The molecule has 0 amide bonds. The van der Waals surface area contributed by atoms with Gasteiger partial charge in [0, 0.05) is 6.61 Å². The van der Waals surface area contributed by atoms with Crippen LogP contribution in [0.25, 0.3) is 0 Å². The Morgan fingerprint density at radius 2 is 2.00 bits per heavy atom. The number of nitrogens with two attached hydrogens (primary N) is 1. The molecule has 0 aliphatic heterocycles. The third kappa shape index (κ3) is 4.26. The van der Waals surface area contributed by atoms with Crippen molar-refractivity contribution in [2.24, 2.45) is 5.14 Å². The number of benzene rings is 1. The molecular formula is C13H17N3O5S. The molecule has 0 spiro atoms.